The van der Waals surface area contributed by atoms with E-state index >= 15 is 0 Å². The molecule has 0 bridgehead atoms. The molecule has 2 amide bonds. The Balaban J connectivity index is 1.40. The fourth-order valence-electron chi connectivity index (χ4n) is 5.62. The summed E-state index contributed by atoms with van der Waals surface area (Å²) in [4.78, 5) is 28.3. The molecule has 9 heteroatoms. The van der Waals surface area contributed by atoms with Crippen LogP contribution in [0.1, 0.15) is 54.3 Å². The number of hydrogen-bond donors (Lipinski definition) is 2. The van der Waals surface area contributed by atoms with Gasteiger partial charge in [0.15, 0.2) is 12.6 Å². The molecule has 9 nitrogen and oxygen atoms in total. The second-order valence-corrected chi connectivity index (χ2v) is 10.1. The van der Waals surface area contributed by atoms with Gasteiger partial charge in [0.25, 0.3) is 5.91 Å². The first-order valence-corrected chi connectivity index (χ1v) is 13.4. The highest BCUT2D eigenvalue weighted by Gasteiger charge is 2.52. The molecule has 5 rings (SSSR count). The van der Waals surface area contributed by atoms with Crippen LogP contribution in [0.2, 0.25) is 0 Å². The van der Waals surface area contributed by atoms with Crippen molar-refractivity contribution < 1.29 is 33.6 Å². The summed E-state index contributed by atoms with van der Waals surface area (Å²) in [6, 6.07) is 17.3. The largest absolute Gasteiger partial charge is 0.388 e. The van der Waals surface area contributed by atoms with E-state index in [0.717, 1.165) is 31.2 Å². The second kappa shape index (κ2) is 12.4. The number of carbonyl (C=O) groups excluding carboxylic acids is 2. The first kappa shape index (κ1) is 26.8. The lowest BCUT2D eigenvalue weighted by atomic mass is 9.93. The monoisotopic (exact) mass is 524 g/mol. The Hall–Kier alpha value is -2.82. The summed E-state index contributed by atoms with van der Waals surface area (Å²) in [5.74, 6) is -0.676. The van der Waals surface area contributed by atoms with E-state index in [4.69, 9.17) is 18.9 Å². The van der Waals surface area contributed by atoms with Crippen molar-refractivity contribution in [2.45, 2.75) is 75.1 Å². The Morgan fingerprint density at radius 2 is 1.68 bits per heavy atom. The number of benzene rings is 2. The Morgan fingerprint density at radius 3 is 2.37 bits per heavy atom. The molecule has 2 heterocycles. The molecule has 2 aromatic carbocycles. The fraction of sp³-hybridized carbons (Fsp3) is 0.517. The van der Waals surface area contributed by atoms with Gasteiger partial charge in [-0.2, -0.15) is 0 Å². The van der Waals surface area contributed by atoms with Gasteiger partial charge in [-0.25, -0.2) is 0 Å². The van der Waals surface area contributed by atoms with Gasteiger partial charge in [-0.1, -0.05) is 67.8 Å². The van der Waals surface area contributed by atoms with Crippen molar-refractivity contribution in [2.75, 3.05) is 20.3 Å². The van der Waals surface area contributed by atoms with Crippen LogP contribution in [0.3, 0.4) is 0 Å². The molecule has 1 aliphatic carbocycles. The molecule has 2 aliphatic heterocycles. The quantitative estimate of drug-likeness (QED) is 0.574. The van der Waals surface area contributed by atoms with Gasteiger partial charge in [-0.3, -0.25) is 9.59 Å². The van der Waals surface area contributed by atoms with Gasteiger partial charge in [0.1, 0.15) is 30.9 Å². The van der Waals surface area contributed by atoms with Gasteiger partial charge in [-0.05, 0) is 25.0 Å². The number of hydrogen-bond acceptors (Lipinski definition) is 7. The number of fused-ring (bicyclic) bond motifs is 1. The number of nitrogens with one attached hydrogen (secondary N) is 1. The van der Waals surface area contributed by atoms with E-state index in [9.17, 15) is 14.7 Å². The molecular weight excluding hydrogens is 488 g/mol. The average Bonchev–Trinajstić information content (AvgIpc) is 2.97. The molecule has 3 fully saturated rings. The molecule has 38 heavy (non-hydrogen) atoms. The summed E-state index contributed by atoms with van der Waals surface area (Å²) in [5.41, 5.74) is 1.21. The van der Waals surface area contributed by atoms with E-state index < -0.39 is 42.8 Å². The summed E-state index contributed by atoms with van der Waals surface area (Å²) in [6.07, 6.45) is 0.900. The van der Waals surface area contributed by atoms with Crippen LogP contribution in [0.15, 0.2) is 60.7 Å². The third-order valence-corrected chi connectivity index (χ3v) is 7.56. The van der Waals surface area contributed by atoms with Gasteiger partial charge in [0.05, 0.1) is 6.61 Å². The molecule has 0 spiro atoms. The maximum Gasteiger partial charge on any atom is 0.254 e. The van der Waals surface area contributed by atoms with E-state index in [1.54, 1.807) is 24.3 Å². The average molecular weight is 525 g/mol. The number of carbonyl (C=O) groups is 2. The summed E-state index contributed by atoms with van der Waals surface area (Å²) < 4.78 is 23.8. The molecule has 0 radical (unpaired) electrons. The Bertz CT molecular complexity index is 1060. The van der Waals surface area contributed by atoms with E-state index in [1.807, 2.05) is 36.4 Å². The van der Waals surface area contributed by atoms with Crippen LogP contribution in [-0.2, 0) is 23.7 Å². The van der Waals surface area contributed by atoms with Crippen molar-refractivity contribution in [1.29, 1.82) is 0 Å². The highest BCUT2D eigenvalue weighted by molar-refractivity contribution is 5.96. The van der Waals surface area contributed by atoms with Crippen molar-refractivity contribution in [1.82, 2.24) is 10.2 Å². The standard InChI is InChI=1S/C29H36N2O7/c1-35-29-24(25(33)26-22(37-29)18-36-28(38-26)20-13-7-3-8-14-20)31(27(34)19-11-5-2-6-12-19)17-23(32)30-21-15-9-4-10-16-21/h2-3,5-8,11-14,21-22,24-26,28-29,33H,4,9-10,15-18H2,1H3,(H,30,32). The summed E-state index contributed by atoms with van der Waals surface area (Å²) >= 11 is 0. The zero-order chi connectivity index (χ0) is 26.5. The zero-order valence-corrected chi connectivity index (χ0v) is 21.6. The summed E-state index contributed by atoms with van der Waals surface area (Å²) in [6.45, 7) is -0.0617. The van der Waals surface area contributed by atoms with Gasteiger partial charge in [0.2, 0.25) is 5.91 Å². The van der Waals surface area contributed by atoms with Gasteiger partial charge >= 0.3 is 0 Å². The predicted molar refractivity (Wildman–Crippen MR) is 138 cm³/mol. The molecule has 2 aromatic rings. The highest BCUT2D eigenvalue weighted by atomic mass is 16.7. The predicted octanol–water partition coefficient (Wildman–Crippen LogP) is 2.79. The molecule has 6 atom stereocenters. The normalized spacial score (nSPS) is 29.7. The van der Waals surface area contributed by atoms with Crippen LogP contribution in [-0.4, -0.2) is 78.8 Å². The van der Waals surface area contributed by atoms with Crippen molar-refractivity contribution in [3.8, 4) is 0 Å². The van der Waals surface area contributed by atoms with Crippen molar-refractivity contribution in [2.24, 2.45) is 0 Å². The summed E-state index contributed by atoms with van der Waals surface area (Å²) in [5, 5.41) is 14.7. The maximum absolute atomic E-state index is 13.8. The first-order valence-electron chi connectivity index (χ1n) is 13.4. The van der Waals surface area contributed by atoms with E-state index in [1.165, 1.54) is 18.4 Å². The number of methoxy groups -OCH3 is 1. The van der Waals surface area contributed by atoms with Crippen LogP contribution in [0.25, 0.3) is 0 Å². The van der Waals surface area contributed by atoms with Crippen LogP contribution >= 0.6 is 0 Å². The maximum atomic E-state index is 13.8. The second-order valence-electron chi connectivity index (χ2n) is 10.1. The molecular formula is C29H36N2O7. The van der Waals surface area contributed by atoms with Gasteiger partial charge in [-0.15, -0.1) is 0 Å². The van der Waals surface area contributed by atoms with Crippen LogP contribution < -0.4 is 5.32 Å². The lowest BCUT2D eigenvalue weighted by Crippen LogP contribution is -2.68. The topological polar surface area (TPSA) is 107 Å². The first-order chi connectivity index (χ1) is 18.5. The Labute approximate surface area is 223 Å². The molecule has 2 N–H and O–H groups in total. The number of amides is 2. The molecule has 1 saturated carbocycles. The number of rotatable bonds is 7. The molecule has 6 unspecified atom stereocenters. The highest BCUT2D eigenvalue weighted by Crippen LogP contribution is 2.36. The Kier molecular flexibility index (Phi) is 8.71. The van der Waals surface area contributed by atoms with Crippen molar-refractivity contribution >= 4 is 11.8 Å². The smallest absolute Gasteiger partial charge is 0.254 e. The zero-order valence-electron chi connectivity index (χ0n) is 21.6. The molecule has 2 saturated heterocycles. The third kappa shape index (κ3) is 5.92. The van der Waals surface area contributed by atoms with Crippen molar-refractivity contribution in [3.05, 3.63) is 71.8 Å². The van der Waals surface area contributed by atoms with Crippen molar-refractivity contribution in [3.63, 3.8) is 0 Å². The fourth-order valence-corrected chi connectivity index (χ4v) is 5.62. The Morgan fingerprint density at radius 1 is 1.00 bits per heavy atom. The van der Waals surface area contributed by atoms with E-state index in [2.05, 4.69) is 5.32 Å². The lowest BCUT2D eigenvalue weighted by molar-refractivity contribution is -0.347. The summed E-state index contributed by atoms with van der Waals surface area (Å²) in [7, 11) is 1.45. The lowest BCUT2D eigenvalue weighted by Gasteiger charge is -2.50. The van der Waals surface area contributed by atoms with Crippen LogP contribution in [0, 0.1) is 0 Å². The van der Waals surface area contributed by atoms with E-state index in [-0.39, 0.29) is 25.1 Å². The van der Waals surface area contributed by atoms with Gasteiger partial charge in [0, 0.05) is 24.3 Å². The van der Waals surface area contributed by atoms with E-state index in [0.29, 0.717) is 5.56 Å². The minimum Gasteiger partial charge on any atom is -0.388 e. The minimum absolute atomic E-state index is 0.0884. The molecule has 204 valence electrons. The number of ether oxygens (including phenoxy) is 4. The number of aliphatic hydroxyl groups is 1. The number of aliphatic hydroxyl groups excluding tert-OH is 1. The van der Waals surface area contributed by atoms with Gasteiger partial charge < -0.3 is 34.3 Å². The van der Waals surface area contributed by atoms with Crippen LogP contribution in [0.4, 0.5) is 0 Å². The van der Waals surface area contributed by atoms with Crippen LogP contribution in [0.5, 0.6) is 0 Å². The SMILES string of the molecule is COC1OC2COC(c3ccccc3)OC2C(O)C1N(CC(=O)NC1CCCCC1)C(=O)c1ccccc1. The number of nitrogens with zero attached hydrogens (tertiary/aromatic N) is 1. The molecule has 3 aliphatic rings. The molecule has 0 aromatic heterocycles. The third-order valence-electron chi connectivity index (χ3n) is 7.56. The minimum atomic E-state index is -1.19.